The first-order valence-electron chi connectivity index (χ1n) is 5.75. The Morgan fingerprint density at radius 2 is 1.93 bits per heavy atom. The van der Waals surface area contributed by atoms with Crippen LogP contribution in [0.4, 0.5) is 0 Å². The van der Waals surface area contributed by atoms with Crippen LogP contribution in [0.25, 0.3) is 0 Å². The molecule has 1 aromatic carbocycles. The van der Waals surface area contributed by atoms with Crippen molar-refractivity contribution in [2.45, 2.75) is 39.0 Å². The fraction of sp³-hybridized carbons (Fsp3) is 0.571. The highest BCUT2D eigenvalue weighted by molar-refractivity contribution is 5.33. The summed E-state index contributed by atoms with van der Waals surface area (Å²) in [6.07, 6.45) is 2.44. The third kappa shape index (κ3) is 1.81. The number of benzene rings is 1. The van der Waals surface area contributed by atoms with Crippen LogP contribution in [-0.4, -0.2) is 6.54 Å². The lowest BCUT2D eigenvalue weighted by Gasteiger charge is -2.53. The van der Waals surface area contributed by atoms with Crippen LogP contribution in [0.15, 0.2) is 24.3 Å². The van der Waals surface area contributed by atoms with Crippen LogP contribution in [-0.2, 0) is 5.41 Å². The first-order valence-corrected chi connectivity index (χ1v) is 5.75. The first kappa shape index (κ1) is 10.7. The van der Waals surface area contributed by atoms with Crippen LogP contribution >= 0.6 is 0 Å². The molecule has 0 aliphatic heterocycles. The fourth-order valence-electron chi connectivity index (χ4n) is 3.22. The quantitative estimate of drug-likeness (QED) is 0.785. The molecule has 2 N–H and O–H groups in total. The van der Waals surface area contributed by atoms with Gasteiger partial charge in [0.25, 0.3) is 0 Å². The molecule has 0 unspecified atom stereocenters. The van der Waals surface area contributed by atoms with E-state index in [0.717, 1.165) is 6.54 Å². The van der Waals surface area contributed by atoms with Gasteiger partial charge in [-0.15, -0.1) is 0 Å². The third-order valence-corrected chi connectivity index (χ3v) is 3.66. The Hall–Kier alpha value is -0.820. The van der Waals surface area contributed by atoms with Gasteiger partial charge in [-0.2, -0.15) is 0 Å². The summed E-state index contributed by atoms with van der Waals surface area (Å²) >= 11 is 0. The predicted octanol–water partition coefficient (Wildman–Crippen LogP) is 3.01. The molecule has 0 heterocycles. The van der Waals surface area contributed by atoms with Crippen molar-refractivity contribution >= 4 is 0 Å². The van der Waals surface area contributed by atoms with E-state index >= 15 is 0 Å². The van der Waals surface area contributed by atoms with E-state index in [1.807, 2.05) is 0 Å². The minimum absolute atomic E-state index is 0.259. The van der Waals surface area contributed by atoms with E-state index in [-0.39, 0.29) is 5.41 Å². The van der Waals surface area contributed by atoms with Gasteiger partial charge in [0.2, 0.25) is 0 Å². The highest BCUT2D eigenvalue weighted by Crippen LogP contribution is 2.54. The SMILES string of the molecule is Cc1cccc(C2(CN)CC(C)(C)C2)c1. The van der Waals surface area contributed by atoms with Crippen molar-refractivity contribution in [1.29, 1.82) is 0 Å². The second kappa shape index (κ2) is 3.34. The molecule has 0 aromatic heterocycles. The Morgan fingerprint density at radius 3 is 2.40 bits per heavy atom. The standard InChI is InChI=1S/C14H21N/c1-11-5-4-6-12(7-11)14(10-15)8-13(2,3)9-14/h4-7H,8-10,15H2,1-3H3. The van der Waals surface area contributed by atoms with Crippen molar-refractivity contribution in [2.24, 2.45) is 11.1 Å². The van der Waals surface area contributed by atoms with Crippen LogP contribution in [0.3, 0.4) is 0 Å². The molecule has 15 heavy (non-hydrogen) atoms. The molecule has 0 amide bonds. The Balaban J connectivity index is 2.29. The number of aryl methyl sites for hydroxylation is 1. The van der Waals surface area contributed by atoms with E-state index in [1.165, 1.54) is 24.0 Å². The lowest BCUT2D eigenvalue weighted by atomic mass is 9.52. The highest BCUT2D eigenvalue weighted by atomic mass is 14.7. The van der Waals surface area contributed by atoms with Crippen LogP contribution < -0.4 is 5.73 Å². The third-order valence-electron chi connectivity index (χ3n) is 3.66. The van der Waals surface area contributed by atoms with E-state index in [4.69, 9.17) is 5.73 Å². The van der Waals surface area contributed by atoms with Gasteiger partial charge in [-0.3, -0.25) is 0 Å². The maximum absolute atomic E-state index is 5.97. The topological polar surface area (TPSA) is 26.0 Å². The van der Waals surface area contributed by atoms with Crippen LogP contribution in [0.5, 0.6) is 0 Å². The van der Waals surface area contributed by atoms with Crippen LogP contribution in [0, 0.1) is 12.3 Å². The summed E-state index contributed by atoms with van der Waals surface area (Å²) in [7, 11) is 0. The maximum Gasteiger partial charge on any atom is 0.00858 e. The zero-order valence-electron chi connectivity index (χ0n) is 10.0. The molecule has 1 aliphatic rings. The van der Waals surface area contributed by atoms with Gasteiger partial charge in [0.1, 0.15) is 0 Å². The fourth-order valence-corrected chi connectivity index (χ4v) is 3.22. The van der Waals surface area contributed by atoms with Crippen molar-refractivity contribution in [3.63, 3.8) is 0 Å². The minimum Gasteiger partial charge on any atom is -0.330 e. The van der Waals surface area contributed by atoms with Gasteiger partial charge in [-0.25, -0.2) is 0 Å². The molecular weight excluding hydrogens is 182 g/mol. The average molecular weight is 203 g/mol. The molecule has 2 rings (SSSR count). The number of hydrogen-bond donors (Lipinski definition) is 1. The predicted molar refractivity (Wildman–Crippen MR) is 64.9 cm³/mol. The summed E-state index contributed by atoms with van der Waals surface area (Å²) in [6.45, 7) is 7.59. The molecule has 0 spiro atoms. The van der Waals surface area contributed by atoms with E-state index in [1.54, 1.807) is 0 Å². The van der Waals surface area contributed by atoms with Crippen molar-refractivity contribution < 1.29 is 0 Å². The second-order valence-electron chi connectivity index (χ2n) is 5.87. The zero-order chi connectivity index (χ0) is 11.1. The lowest BCUT2D eigenvalue weighted by Crippen LogP contribution is -2.51. The Labute approximate surface area is 92.7 Å². The Kier molecular flexibility index (Phi) is 2.38. The number of rotatable bonds is 2. The molecule has 1 fully saturated rings. The molecule has 0 saturated heterocycles. The van der Waals surface area contributed by atoms with Crippen molar-refractivity contribution in [3.8, 4) is 0 Å². The lowest BCUT2D eigenvalue weighted by molar-refractivity contribution is 0.0634. The molecule has 82 valence electrons. The average Bonchev–Trinajstić information content (AvgIpc) is 2.13. The minimum atomic E-state index is 0.259. The molecule has 1 heteroatoms. The van der Waals surface area contributed by atoms with E-state index in [9.17, 15) is 0 Å². The maximum atomic E-state index is 5.97. The summed E-state index contributed by atoms with van der Waals surface area (Å²) in [5.74, 6) is 0. The van der Waals surface area contributed by atoms with E-state index in [2.05, 4.69) is 45.0 Å². The molecule has 1 saturated carbocycles. The van der Waals surface area contributed by atoms with Crippen LogP contribution in [0.2, 0.25) is 0 Å². The van der Waals surface area contributed by atoms with Crippen molar-refractivity contribution in [3.05, 3.63) is 35.4 Å². The molecular formula is C14H21N. The second-order valence-corrected chi connectivity index (χ2v) is 5.87. The van der Waals surface area contributed by atoms with Gasteiger partial charge in [-0.05, 0) is 30.7 Å². The molecule has 0 atom stereocenters. The van der Waals surface area contributed by atoms with Gasteiger partial charge in [0.15, 0.2) is 0 Å². The number of nitrogens with two attached hydrogens (primary N) is 1. The molecule has 1 nitrogen and oxygen atoms in total. The van der Waals surface area contributed by atoms with Crippen LogP contribution in [0.1, 0.15) is 37.8 Å². The largest absolute Gasteiger partial charge is 0.330 e. The molecule has 1 aliphatic carbocycles. The normalized spacial score (nSPS) is 22.1. The number of hydrogen-bond acceptors (Lipinski definition) is 1. The summed E-state index contributed by atoms with van der Waals surface area (Å²) in [6, 6.07) is 8.82. The Bertz CT molecular complexity index is 357. The summed E-state index contributed by atoms with van der Waals surface area (Å²) < 4.78 is 0. The van der Waals surface area contributed by atoms with Gasteiger partial charge in [0, 0.05) is 12.0 Å². The van der Waals surface area contributed by atoms with E-state index in [0.29, 0.717) is 5.41 Å². The van der Waals surface area contributed by atoms with Crippen molar-refractivity contribution in [1.82, 2.24) is 0 Å². The Morgan fingerprint density at radius 1 is 1.27 bits per heavy atom. The molecule has 0 radical (unpaired) electrons. The van der Waals surface area contributed by atoms with Gasteiger partial charge in [-0.1, -0.05) is 43.7 Å². The smallest absolute Gasteiger partial charge is 0.00858 e. The van der Waals surface area contributed by atoms with Gasteiger partial charge < -0.3 is 5.73 Å². The highest BCUT2D eigenvalue weighted by Gasteiger charge is 2.49. The van der Waals surface area contributed by atoms with E-state index < -0.39 is 0 Å². The van der Waals surface area contributed by atoms with Gasteiger partial charge >= 0.3 is 0 Å². The monoisotopic (exact) mass is 203 g/mol. The summed E-state index contributed by atoms with van der Waals surface area (Å²) in [4.78, 5) is 0. The summed E-state index contributed by atoms with van der Waals surface area (Å²) in [5.41, 5.74) is 9.48. The zero-order valence-corrected chi connectivity index (χ0v) is 10.0. The van der Waals surface area contributed by atoms with Gasteiger partial charge in [0.05, 0.1) is 0 Å². The summed E-state index contributed by atoms with van der Waals surface area (Å²) in [5, 5.41) is 0. The van der Waals surface area contributed by atoms with Crippen molar-refractivity contribution in [2.75, 3.05) is 6.54 Å². The first-order chi connectivity index (χ1) is 6.97. The molecule has 0 bridgehead atoms. The molecule has 1 aromatic rings.